The summed E-state index contributed by atoms with van der Waals surface area (Å²) in [5, 5.41) is 6.50. The molecule has 38 heavy (non-hydrogen) atoms. The van der Waals surface area contributed by atoms with Crippen LogP contribution in [-0.4, -0.2) is 32.7 Å². The molecule has 1 amide bonds. The molecule has 0 fully saturated rings. The molecule has 2 aromatic carbocycles. The highest BCUT2D eigenvalue weighted by atomic mass is 79.9. The maximum Gasteiger partial charge on any atom is 0.421 e. The Hall–Kier alpha value is -2.99. The summed E-state index contributed by atoms with van der Waals surface area (Å²) >= 11 is 3.24. The Balaban J connectivity index is 1.98. The van der Waals surface area contributed by atoms with Crippen molar-refractivity contribution in [1.82, 2.24) is 15.3 Å². The Labute approximate surface area is 225 Å². The van der Waals surface area contributed by atoms with Crippen molar-refractivity contribution in [1.29, 1.82) is 0 Å². The van der Waals surface area contributed by atoms with Gasteiger partial charge in [-0.05, 0) is 48.7 Å². The van der Waals surface area contributed by atoms with Gasteiger partial charge in [0, 0.05) is 23.4 Å². The van der Waals surface area contributed by atoms with Crippen molar-refractivity contribution >= 4 is 52.6 Å². The molecule has 0 atom stereocenters. The number of alkyl halides is 3. The van der Waals surface area contributed by atoms with Crippen molar-refractivity contribution < 1.29 is 32.3 Å². The largest absolute Gasteiger partial charge is 0.421 e. The summed E-state index contributed by atoms with van der Waals surface area (Å²) < 4.78 is 54.0. The number of carbonyl (C=O) groups is 1. The highest BCUT2D eigenvalue weighted by Crippen LogP contribution is 2.60. The molecular formula is C24H26BrF3N5O4P. The topological polar surface area (TPSA) is 136 Å². The number of hydrogen-bond acceptors (Lipinski definition) is 6. The molecule has 1 aromatic heterocycles. The van der Waals surface area contributed by atoms with Gasteiger partial charge in [-0.1, -0.05) is 41.9 Å². The number of nitrogens with one attached hydrogen (secondary N) is 3. The molecule has 1 heterocycles. The van der Waals surface area contributed by atoms with E-state index in [1.54, 1.807) is 32.0 Å². The first-order chi connectivity index (χ1) is 17.8. The van der Waals surface area contributed by atoms with E-state index in [0.29, 0.717) is 21.9 Å². The number of benzene rings is 2. The minimum atomic E-state index is -4.78. The van der Waals surface area contributed by atoms with Crippen LogP contribution in [0.2, 0.25) is 0 Å². The molecule has 0 unspecified atom stereocenters. The van der Waals surface area contributed by atoms with Crippen LogP contribution in [0.1, 0.15) is 48.2 Å². The highest BCUT2D eigenvalue weighted by molar-refractivity contribution is 9.10. The first kappa shape index (κ1) is 29.6. The highest BCUT2D eigenvalue weighted by Gasteiger charge is 2.45. The van der Waals surface area contributed by atoms with Gasteiger partial charge in [-0.25, -0.2) is 4.98 Å². The summed E-state index contributed by atoms with van der Waals surface area (Å²) in [4.78, 5) is 40.0. The van der Waals surface area contributed by atoms with Gasteiger partial charge >= 0.3 is 13.8 Å². The molecule has 9 nitrogen and oxygen atoms in total. The number of aromatic nitrogens is 2. The van der Waals surface area contributed by atoms with Gasteiger partial charge in [0.1, 0.15) is 11.4 Å². The molecule has 0 aliphatic rings. The number of hydrogen-bond donors (Lipinski definition) is 5. The molecule has 0 spiro atoms. The van der Waals surface area contributed by atoms with Crippen LogP contribution >= 0.6 is 23.5 Å². The molecule has 14 heteroatoms. The van der Waals surface area contributed by atoms with Crippen LogP contribution in [0.15, 0.2) is 53.1 Å². The van der Waals surface area contributed by atoms with Crippen LogP contribution < -0.4 is 16.0 Å². The van der Waals surface area contributed by atoms with Gasteiger partial charge in [0.2, 0.25) is 5.95 Å². The normalized spacial score (nSPS) is 12.2. The maximum atomic E-state index is 13.7. The quantitative estimate of drug-likeness (QED) is 0.177. The van der Waals surface area contributed by atoms with Crippen LogP contribution in [0.5, 0.6) is 0 Å². The van der Waals surface area contributed by atoms with E-state index >= 15 is 0 Å². The number of carbonyl (C=O) groups excluding carboxylic acids is 1. The third kappa shape index (κ3) is 6.17. The average Bonchev–Trinajstić information content (AvgIpc) is 2.85. The zero-order chi connectivity index (χ0) is 28.3. The molecular weight excluding hydrogens is 590 g/mol. The molecule has 0 bridgehead atoms. The lowest BCUT2D eigenvalue weighted by Gasteiger charge is -2.33. The van der Waals surface area contributed by atoms with E-state index in [9.17, 15) is 32.3 Å². The lowest BCUT2D eigenvalue weighted by molar-refractivity contribution is -0.137. The Bertz CT molecular complexity index is 1360. The lowest BCUT2D eigenvalue weighted by atomic mass is 9.92. The molecule has 0 radical (unpaired) electrons. The molecule has 3 rings (SSSR count). The van der Waals surface area contributed by atoms with Crippen LogP contribution in [-0.2, 0) is 15.9 Å². The van der Waals surface area contributed by atoms with E-state index in [1.807, 2.05) is 0 Å². The number of halogens is 4. The zero-order valence-corrected chi connectivity index (χ0v) is 23.1. The van der Waals surface area contributed by atoms with Crippen LogP contribution in [0.4, 0.5) is 36.3 Å². The monoisotopic (exact) mass is 615 g/mol. The minimum Gasteiger partial charge on any atom is -0.355 e. The standard InChI is InChI=1S/C24H26BrF3N5O4P/c1-4-23(5-2,38(35,36)37)14-6-9-16(10-7-14)31-22-30-13-18(24(26,27)28)20(33-22)32-19-11-8-15(25)12-17(19)21(34)29-3/h6-13H,4-5H2,1-3H3,(H,29,34)(H2,35,36,37)(H2,30,31,32,33). The first-order valence-electron chi connectivity index (χ1n) is 11.4. The Morgan fingerprint density at radius 2 is 1.68 bits per heavy atom. The number of rotatable bonds is 9. The van der Waals surface area contributed by atoms with E-state index in [1.165, 1.54) is 31.3 Å². The predicted octanol–water partition coefficient (Wildman–Crippen LogP) is 6.30. The molecule has 0 saturated heterocycles. The van der Waals surface area contributed by atoms with Crippen molar-refractivity contribution in [3.63, 3.8) is 0 Å². The number of nitrogens with zero attached hydrogens (tertiary/aromatic N) is 2. The van der Waals surface area contributed by atoms with E-state index in [4.69, 9.17) is 0 Å². The summed E-state index contributed by atoms with van der Waals surface area (Å²) in [6.45, 7) is 3.39. The van der Waals surface area contributed by atoms with Gasteiger partial charge < -0.3 is 25.7 Å². The fraction of sp³-hybridized carbons (Fsp3) is 0.292. The predicted molar refractivity (Wildman–Crippen MR) is 142 cm³/mol. The molecule has 0 aliphatic carbocycles. The molecule has 0 aliphatic heterocycles. The summed E-state index contributed by atoms with van der Waals surface area (Å²) in [6, 6.07) is 10.6. The van der Waals surface area contributed by atoms with Gasteiger partial charge in [0.15, 0.2) is 0 Å². The maximum absolute atomic E-state index is 13.7. The van der Waals surface area contributed by atoms with Crippen molar-refractivity contribution in [3.05, 3.63) is 69.8 Å². The number of anilines is 4. The summed E-state index contributed by atoms with van der Waals surface area (Å²) in [7, 11) is -3.08. The van der Waals surface area contributed by atoms with Crippen molar-refractivity contribution in [2.45, 2.75) is 38.0 Å². The molecule has 5 N–H and O–H groups in total. The lowest BCUT2D eigenvalue weighted by Crippen LogP contribution is -2.24. The Kier molecular flexibility index (Phi) is 8.87. The number of amides is 1. The second kappa shape index (κ2) is 11.4. The van der Waals surface area contributed by atoms with E-state index in [0.717, 1.165) is 0 Å². The van der Waals surface area contributed by atoms with Gasteiger partial charge in [-0.3, -0.25) is 9.36 Å². The average molecular weight is 616 g/mol. The third-order valence-electron chi connectivity index (χ3n) is 6.21. The van der Waals surface area contributed by atoms with Crippen molar-refractivity contribution in [2.75, 3.05) is 17.7 Å². The summed E-state index contributed by atoms with van der Waals surface area (Å²) in [5.74, 6) is -1.25. The van der Waals surface area contributed by atoms with Crippen LogP contribution in [0.3, 0.4) is 0 Å². The van der Waals surface area contributed by atoms with Gasteiger partial charge in [-0.15, -0.1) is 0 Å². The van der Waals surface area contributed by atoms with E-state index in [-0.39, 0.29) is 30.0 Å². The fourth-order valence-corrected chi connectivity index (χ4v) is 5.72. The third-order valence-corrected chi connectivity index (χ3v) is 8.71. The van der Waals surface area contributed by atoms with Gasteiger partial charge in [0.25, 0.3) is 5.91 Å². The Morgan fingerprint density at radius 1 is 1.05 bits per heavy atom. The Morgan fingerprint density at radius 3 is 2.21 bits per heavy atom. The molecule has 3 aromatic rings. The first-order valence-corrected chi connectivity index (χ1v) is 13.8. The molecule has 204 valence electrons. The van der Waals surface area contributed by atoms with Crippen molar-refractivity contribution in [3.8, 4) is 0 Å². The summed E-state index contributed by atoms with van der Waals surface area (Å²) in [6.07, 6.45) is -3.73. The second-order valence-corrected chi connectivity index (χ2v) is 11.2. The smallest absolute Gasteiger partial charge is 0.355 e. The van der Waals surface area contributed by atoms with Crippen molar-refractivity contribution in [2.24, 2.45) is 0 Å². The fourth-order valence-electron chi connectivity index (χ4n) is 4.05. The minimum absolute atomic E-state index is 0.0964. The second-order valence-electron chi connectivity index (χ2n) is 8.33. The van der Waals surface area contributed by atoms with Crippen LogP contribution in [0, 0.1) is 0 Å². The van der Waals surface area contributed by atoms with Crippen LogP contribution in [0.25, 0.3) is 0 Å². The summed E-state index contributed by atoms with van der Waals surface area (Å²) in [5.41, 5.74) is -0.115. The van der Waals surface area contributed by atoms with E-state index in [2.05, 4.69) is 41.8 Å². The SMILES string of the molecule is CCC(CC)(c1ccc(Nc2ncc(C(F)(F)F)c(Nc3ccc(Br)cc3C(=O)NC)n2)cc1)P(=O)(O)O. The zero-order valence-electron chi connectivity index (χ0n) is 20.6. The molecule has 0 saturated carbocycles. The van der Waals surface area contributed by atoms with Gasteiger partial charge in [-0.2, -0.15) is 18.2 Å². The van der Waals surface area contributed by atoms with E-state index < -0.39 is 36.2 Å². The van der Waals surface area contributed by atoms with Gasteiger partial charge in [0.05, 0.1) is 16.4 Å².